The van der Waals surface area contributed by atoms with Crippen molar-refractivity contribution in [3.05, 3.63) is 0 Å². The van der Waals surface area contributed by atoms with Crippen LogP contribution in [0.4, 0.5) is 0 Å². The lowest BCUT2D eigenvalue weighted by Crippen LogP contribution is -2.50. The number of esters is 1. The second kappa shape index (κ2) is 4.64. The second-order valence-corrected chi connectivity index (χ2v) is 5.05. The molecule has 0 N–H and O–H groups in total. The highest BCUT2D eigenvalue weighted by atomic mass is 16.5. The minimum absolute atomic E-state index is 0.0773. The van der Waals surface area contributed by atoms with E-state index in [1.807, 2.05) is 4.90 Å². The van der Waals surface area contributed by atoms with Gasteiger partial charge in [-0.3, -0.25) is 14.5 Å². The third-order valence-corrected chi connectivity index (χ3v) is 3.82. The Morgan fingerprint density at radius 1 is 1.18 bits per heavy atom. The normalized spacial score (nSPS) is 23.3. The molecule has 1 aliphatic heterocycles. The first-order valence-corrected chi connectivity index (χ1v) is 6.14. The van der Waals surface area contributed by atoms with Gasteiger partial charge in [0, 0.05) is 39.6 Å². The van der Waals surface area contributed by atoms with Crippen LogP contribution in [0.3, 0.4) is 0 Å². The Morgan fingerprint density at radius 3 is 2.18 bits per heavy atom. The van der Waals surface area contributed by atoms with Crippen LogP contribution in [0, 0.1) is 5.41 Å². The van der Waals surface area contributed by atoms with E-state index in [0.717, 1.165) is 45.6 Å². The van der Waals surface area contributed by atoms with Crippen LogP contribution in [0.2, 0.25) is 0 Å². The number of methoxy groups -OCH3 is 1. The van der Waals surface area contributed by atoms with Gasteiger partial charge in [0.2, 0.25) is 5.91 Å². The van der Waals surface area contributed by atoms with Crippen LogP contribution in [0.5, 0.6) is 0 Å². The topological polar surface area (TPSA) is 49.9 Å². The number of nitrogens with zero attached hydrogens (tertiary/aromatic N) is 2. The van der Waals surface area contributed by atoms with E-state index in [1.165, 1.54) is 7.11 Å². The van der Waals surface area contributed by atoms with Crippen molar-refractivity contribution in [3.8, 4) is 0 Å². The molecule has 0 aromatic heterocycles. The molecule has 2 aliphatic rings. The maximum Gasteiger partial charge on any atom is 0.313 e. The first-order chi connectivity index (χ1) is 8.07. The molecule has 17 heavy (non-hydrogen) atoms. The van der Waals surface area contributed by atoms with E-state index in [1.54, 1.807) is 6.92 Å². The third-order valence-electron chi connectivity index (χ3n) is 3.82. The van der Waals surface area contributed by atoms with Gasteiger partial charge in [0.15, 0.2) is 0 Å². The Labute approximate surface area is 102 Å². The van der Waals surface area contributed by atoms with Gasteiger partial charge in [0.1, 0.15) is 0 Å². The van der Waals surface area contributed by atoms with E-state index < -0.39 is 0 Å². The summed E-state index contributed by atoms with van der Waals surface area (Å²) in [4.78, 5) is 26.9. The number of carbonyl (C=O) groups is 2. The van der Waals surface area contributed by atoms with E-state index in [9.17, 15) is 9.59 Å². The summed E-state index contributed by atoms with van der Waals surface area (Å²) in [5.74, 6) is 0.0604. The van der Waals surface area contributed by atoms with E-state index in [-0.39, 0.29) is 17.3 Å². The second-order valence-electron chi connectivity index (χ2n) is 5.05. The fraction of sp³-hybridized carbons (Fsp3) is 0.833. The molecule has 1 aliphatic carbocycles. The maximum absolute atomic E-state index is 11.6. The summed E-state index contributed by atoms with van der Waals surface area (Å²) in [6.07, 6.45) is 1.87. The van der Waals surface area contributed by atoms with Gasteiger partial charge in [-0.25, -0.2) is 0 Å². The molecule has 0 unspecified atom stereocenters. The Hall–Kier alpha value is -1.10. The highest BCUT2D eigenvalue weighted by molar-refractivity contribution is 5.80. The van der Waals surface area contributed by atoms with Crippen molar-refractivity contribution in [2.75, 3.05) is 39.8 Å². The molecule has 2 rings (SSSR count). The lowest BCUT2D eigenvalue weighted by Gasteiger charge is -2.35. The zero-order chi connectivity index (χ0) is 12.5. The number of piperazine rings is 1. The highest BCUT2D eigenvalue weighted by Crippen LogP contribution is 2.47. The van der Waals surface area contributed by atoms with E-state index in [0.29, 0.717) is 0 Å². The van der Waals surface area contributed by atoms with Gasteiger partial charge < -0.3 is 9.64 Å². The summed E-state index contributed by atoms with van der Waals surface area (Å²) in [7, 11) is 1.45. The number of rotatable bonds is 3. The molecule has 0 spiro atoms. The van der Waals surface area contributed by atoms with Gasteiger partial charge in [0.25, 0.3) is 0 Å². The number of carbonyl (C=O) groups excluding carboxylic acids is 2. The Morgan fingerprint density at radius 2 is 1.76 bits per heavy atom. The molecule has 1 saturated carbocycles. The molecule has 5 heteroatoms. The van der Waals surface area contributed by atoms with Crippen molar-refractivity contribution in [2.24, 2.45) is 5.41 Å². The van der Waals surface area contributed by atoms with Crippen LogP contribution in [0.1, 0.15) is 19.8 Å². The standard InChI is InChI=1S/C12H20N2O3/c1-10(15)14-7-5-13(6-8-14)9-12(3-4-12)11(16)17-2/h3-9H2,1-2H3. The Kier molecular flexibility index (Phi) is 3.38. The molecule has 0 bridgehead atoms. The van der Waals surface area contributed by atoms with Gasteiger partial charge in [-0.2, -0.15) is 0 Å². The molecule has 1 amide bonds. The van der Waals surface area contributed by atoms with Crippen molar-refractivity contribution in [3.63, 3.8) is 0 Å². The minimum Gasteiger partial charge on any atom is -0.469 e. The third kappa shape index (κ3) is 2.60. The molecule has 2 fully saturated rings. The molecule has 96 valence electrons. The van der Waals surface area contributed by atoms with Crippen molar-refractivity contribution in [2.45, 2.75) is 19.8 Å². The molecule has 0 aromatic rings. The molecule has 5 nitrogen and oxygen atoms in total. The zero-order valence-corrected chi connectivity index (χ0v) is 10.6. The minimum atomic E-state index is -0.243. The van der Waals surface area contributed by atoms with Gasteiger partial charge in [-0.05, 0) is 12.8 Å². The van der Waals surface area contributed by atoms with Crippen LogP contribution < -0.4 is 0 Å². The Balaban J connectivity index is 1.82. The quantitative estimate of drug-likeness (QED) is 0.657. The predicted molar refractivity (Wildman–Crippen MR) is 62.4 cm³/mol. The fourth-order valence-electron chi connectivity index (χ4n) is 2.44. The molecule has 1 saturated heterocycles. The van der Waals surface area contributed by atoms with Crippen molar-refractivity contribution >= 4 is 11.9 Å². The average Bonchev–Trinajstić information content (AvgIpc) is 3.09. The first kappa shape index (κ1) is 12.4. The highest BCUT2D eigenvalue weighted by Gasteiger charge is 2.52. The number of hydrogen-bond acceptors (Lipinski definition) is 4. The number of amides is 1. The van der Waals surface area contributed by atoms with Crippen molar-refractivity contribution in [1.82, 2.24) is 9.80 Å². The summed E-state index contributed by atoms with van der Waals surface area (Å²) in [6, 6.07) is 0. The largest absolute Gasteiger partial charge is 0.469 e. The van der Waals surface area contributed by atoms with E-state index >= 15 is 0 Å². The van der Waals surface area contributed by atoms with Crippen molar-refractivity contribution < 1.29 is 14.3 Å². The smallest absolute Gasteiger partial charge is 0.313 e. The monoisotopic (exact) mass is 240 g/mol. The molecule has 1 heterocycles. The maximum atomic E-state index is 11.6. The SMILES string of the molecule is COC(=O)C1(CN2CCN(C(C)=O)CC2)CC1. The average molecular weight is 240 g/mol. The summed E-state index contributed by atoms with van der Waals surface area (Å²) >= 11 is 0. The summed E-state index contributed by atoms with van der Waals surface area (Å²) < 4.78 is 4.85. The van der Waals surface area contributed by atoms with E-state index in [4.69, 9.17) is 4.74 Å². The summed E-state index contributed by atoms with van der Waals surface area (Å²) in [6.45, 7) is 5.65. The number of hydrogen-bond donors (Lipinski definition) is 0. The van der Waals surface area contributed by atoms with Crippen LogP contribution >= 0.6 is 0 Å². The van der Waals surface area contributed by atoms with Crippen LogP contribution in [0.25, 0.3) is 0 Å². The number of ether oxygens (including phenoxy) is 1. The lowest BCUT2D eigenvalue weighted by molar-refractivity contribution is -0.148. The lowest BCUT2D eigenvalue weighted by atomic mass is 10.1. The van der Waals surface area contributed by atoms with Gasteiger partial charge in [-0.1, -0.05) is 0 Å². The molecule has 0 atom stereocenters. The molecular weight excluding hydrogens is 220 g/mol. The van der Waals surface area contributed by atoms with Crippen LogP contribution in [-0.4, -0.2) is 61.5 Å². The summed E-state index contributed by atoms with van der Waals surface area (Å²) in [5.41, 5.74) is -0.243. The molecule has 0 aromatic carbocycles. The van der Waals surface area contributed by atoms with Crippen LogP contribution in [0.15, 0.2) is 0 Å². The molecular formula is C12H20N2O3. The van der Waals surface area contributed by atoms with Gasteiger partial charge in [-0.15, -0.1) is 0 Å². The van der Waals surface area contributed by atoms with Crippen molar-refractivity contribution in [1.29, 1.82) is 0 Å². The van der Waals surface area contributed by atoms with Gasteiger partial charge in [0.05, 0.1) is 12.5 Å². The Bertz CT molecular complexity index is 318. The molecule has 0 radical (unpaired) electrons. The summed E-state index contributed by atoms with van der Waals surface area (Å²) in [5, 5.41) is 0. The fourth-order valence-corrected chi connectivity index (χ4v) is 2.44. The first-order valence-electron chi connectivity index (χ1n) is 6.14. The van der Waals surface area contributed by atoms with Crippen LogP contribution in [-0.2, 0) is 14.3 Å². The predicted octanol–water partition coefficient (Wildman–Crippen LogP) is 0.104. The van der Waals surface area contributed by atoms with Gasteiger partial charge >= 0.3 is 5.97 Å². The zero-order valence-electron chi connectivity index (χ0n) is 10.6. The van der Waals surface area contributed by atoms with E-state index in [2.05, 4.69) is 4.90 Å².